The van der Waals surface area contributed by atoms with Crippen LogP contribution in [0.4, 0.5) is 4.79 Å². The van der Waals surface area contributed by atoms with Crippen molar-refractivity contribution in [3.8, 4) is 11.1 Å². The van der Waals surface area contributed by atoms with Crippen LogP contribution >= 0.6 is 0 Å². The second-order valence-corrected chi connectivity index (χ2v) is 9.31. The number of rotatable bonds is 11. The van der Waals surface area contributed by atoms with E-state index in [1.165, 1.54) is 7.11 Å². The van der Waals surface area contributed by atoms with E-state index >= 15 is 0 Å². The van der Waals surface area contributed by atoms with Crippen molar-refractivity contribution < 1.29 is 29.0 Å². The molecule has 0 aliphatic heterocycles. The topological polar surface area (TPSA) is 114 Å². The first-order chi connectivity index (χ1) is 16.7. The molecule has 1 unspecified atom stereocenters. The smallest absolute Gasteiger partial charge is 0.408 e. The molecule has 1 aliphatic carbocycles. The molecule has 2 aromatic carbocycles. The van der Waals surface area contributed by atoms with Gasteiger partial charge >= 0.3 is 12.1 Å². The zero-order chi connectivity index (χ0) is 25.6. The number of fused-ring (bicyclic) bond motifs is 3. The number of carbonyl (C=O) groups is 3. The highest BCUT2D eigenvalue weighted by Crippen LogP contribution is 2.44. The molecule has 2 amide bonds. The fourth-order valence-electron chi connectivity index (χ4n) is 4.57. The number of nitrogens with one attached hydrogen (secondary N) is 2. The maximum Gasteiger partial charge on any atom is 0.408 e. The van der Waals surface area contributed by atoms with Gasteiger partial charge in [0.05, 0.1) is 6.61 Å². The Hall–Kier alpha value is -3.39. The number of hydrogen-bond acceptors (Lipinski definition) is 5. The van der Waals surface area contributed by atoms with Crippen molar-refractivity contribution in [1.82, 2.24) is 10.6 Å². The molecule has 0 aromatic heterocycles. The molecule has 8 heteroatoms. The summed E-state index contributed by atoms with van der Waals surface area (Å²) in [6.07, 6.45) is -0.319. The van der Waals surface area contributed by atoms with Gasteiger partial charge in [-0.25, -0.2) is 9.59 Å². The summed E-state index contributed by atoms with van der Waals surface area (Å²) < 4.78 is 10.8. The van der Waals surface area contributed by atoms with Crippen LogP contribution in [0.5, 0.6) is 0 Å². The summed E-state index contributed by atoms with van der Waals surface area (Å²) in [7, 11) is 1.42. The lowest BCUT2D eigenvalue weighted by atomic mass is 9.94. The van der Waals surface area contributed by atoms with E-state index in [4.69, 9.17) is 9.47 Å². The first kappa shape index (κ1) is 26.2. The lowest BCUT2D eigenvalue weighted by Gasteiger charge is -2.32. The average Bonchev–Trinajstić information content (AvgIpc) is 3.15. The minimum atomic E-state index is -1.47. The van der Waals surface area contributed by atoms with Gasteiger partial charge in [0.25, 0.3) is 0 Å². The molecule has 3 rings (SSSR count). The van der Waals surface area contributed by atoms with Gasteiger partial charge in [0.15, 0.2) is 0 Å². The summed E-state index contributed by atoms with van der Waals surface area (Å²) in [5.41, 5.74) is 2.92. The number of methoxy groups -OCH3 is 1. The number of alkyl carbamates (subject to hydrolysis) is 1. The van der Waals surface area contributed by atoms with Crippen LogP contribution in [0.15, 0.2) is 48.5 Å². The summed E-state index contributed by atoms with van der Waals surface area (Å²) in [5.74, 6) is -1.81. The minimum Gasteiger partial charge on any atom is -0.480 e. The fourth-order valence-corrected chi connectivity index (χ4v) is 4.57. The Balaban J connectivity index is 1.73. The van der Waals surface area contributed by atoms with Gasteiger partial charge in [0, 0.05) is 13.0 Å². The molecule has 35 heavy (non-hydrogen) atoms. The molecule has 0 saturated carbocycles. The first-order valence-electron chi connectivity index (χ1n) is 11.9. The summed E-state index contributed by atoms with van der Waals surface area (Å²) in [5, 5.41) is 14.8. The van der Waals surface area contributed by atoms with Gasteiger partial charge in [-0.3, -0.25) is 4.79 Å². The number of benzene rings is 2. The fraction of sp³-hybridized carbons (Fsp3) is 0.444. The Morgan fingerprint density at radius 2 is 1.60 bits per heavy atom. The third kappa shape index (κ3) is 5.82. The molecule has 8 nitrogen and oxygen atoms in total. The van der Waals surface area contributed by atoms with E-state index in [1.54, 1.807) is 6.92 Å². The van der Waals surface area contributed by atoms with Crippen LogP contribution in [0.3, 0.4) is 0 Å². The predicted octanol–water partition coefficient (Wildman–Crippen LogP) is 3.94. The van der Waals surface area contributed by atoms with Gasteiger partial charge in [-0.1, -0.05) is 69.3 Å². The van der Waals surface area contributed by atoms with Crippen molar-refractivity contribution in [2.75, 3.05) is 20.3 Å². The molecule has 0 saturated heterocycles. The van der Waals surface area contributed by atoms with E-state index in [1.807, 2.05) is 50.2 Å². The third-order valence-electron chi connectivity index (χ3n) is 6.42. The molecular formula is C27H34N2O6. The standard InChI is InChI=1S/C27H34N2O6/c1-5-27(16-34-4,25(32)28-23(24(30)31)14-17(2)3)29-26(33)35-15-22-20-12-8-6-10-18(20)19-11-7-9-13-21(19)22/h6-13,17,22-23H,5,14-16H2,1-4H3,(H,28,32)(H,29,33)(H,30,31)/t23-,27?/m1/s1. The Morgan fingerprint density at radius 3 is 2.09 bits per heavy atom. The molecule has 0 radical (unpaired) electrons. The van der Waals surface area contributed by atoms with Crippen molar-refractivity contribution >= 4 is 18.0 Å². The van der Waals surface area contributed by atoms with Gasteiger partial charge < -0.3 is 25.2 Å². The van der Waals surface area contributed by atoms with Crippen LogP contribution in [0.25, 0.3) is 11.1 Å². The van der Waals surface area contributed by atoms with Crippen molar-refractivity contribution in [2.45, 2.75) is 51.1 Å². The number of aliphatic carboxylic acids is 1. The molecule has 0 fully saturated rings. The monoisotopic (exact) mass is 482 g/mol. The van der Waals surface area contributed by atoms with Gasteiger partial charge in [-0.05, 0) is 41.0 Å². The maximum absolute atomic E-state index is 13.2. The molecule has 3 N–H and O–H groups in total. The van der Waals surface area contributed by atoms with Crippen molar-refractivity contribution in [3.05, 3.63) is 59.7 Å². The molecule has 0 spiro atoms. The number of amides is 2. The number of hydrogen-bond donors (Lipinski definition) is 3. The van der Waals surface area contributed by atoms with E-state index in [0.717, 1.165) is 22.3 Å². The van der Waals surface area contributed by atoms with Crippen molar-refractivity contribution in [2.24, 2.45) is 5.92 Å². The van der Waals surface area contributed by atoms with Crippen LogP contribution < -0.4 is 10.6 Å². The lowest BCUT2D eigenvalue weighted by molar-refractivity contribution is -0.144. The second-order valence-electron chi connectivity index (χ2n) is 9.31. The van der Waals surface area contributed by atoms with Crippen molar-refractivity contribution in [3.63, 3.8) is 0 Å². The van der Waals surface area contributed by atoms with E-state index in [0.29, 0.717) is 0 Å². The minimum absolute atomic E-state index is 0.0601. The van der Waals surface area contributed by atoms with Crippen LogP contribution in [0, 0.1) is 5.92 Å². The molecule has 2 aromatic rings. The number of carbonyl (C=O) groups excluding carboxylic acids is 2. The second kappa shape index (κ2) is 11.4. The third-order valence-corrected chi connectivity index (χ3v) is 6.42. The average molecular weight is 483 g/mol. The van der Waals surface area contributed by atoms with Crippen LogP contribution in [-0.4, -0.2) is 55.0 Å². The van der Waals surface area contributed by atoms with E-state index in [-0.39, 0.29) is 37.9 Å². The lowest BCUT2D eigenvalue weighted by Crippen LogP contribution is -2.63. The SMILES string of the molecule is CCC(COC)(NC(=O)OCC1c2ccccc2-c2ccccc21)C(=O)N[C@H](CC(C)C)C(=O)O. The van der Waals surface area contributed by atoms with Crippen LogP contribution in [-0.2, 0) is 19.1 Å². The van der Waals surface area contributed by atoms with Gasteiger partial charge in [-0.15, -0.1) is 0 Å². The zero-order valence-electron chi connectivity index (χ0n) is 20.7. The Bertz CT molecular complexity index is 1020. The molecule has 0 heterocycles. The van der Waals surface area contributed by atoms with Gasteiger partial charge in [0.1, 0.15) is 18.2 Å². The summed E-state index contributed by atoms with van der Waals surface area (Å²) >= 11 is 0. The Labute approximate surface area is 206 Å². The highest BCUT2D eigenvalue weighted by molar-refractivity contribution is 5.93. The molecular weight excluding hydrogens is 448 g/mol. The number of carboxylic acids is 1. The van der Waals surface area contributed by atoms with E-state index < -0.39 is 29.6 Å². The molecule has 1 aliphatic rings. The predicted molar refractivity (Wildman–Crippen MR) is 132 cm³/mol. The molecule has 0 bridgehead atoms. The van der Waals surface area contributed by atoms with Crippen LogP contribution in [0.2, 0.25) is 0 Å². The summed E-state index contributed by atoms with van der Waals surface area (Å²) in [6.45, 7) is 5.44. The van der Waals surface area contributed by atoms with E-state index in [9.17, 15) is 19.5 Å². The summed E-state index contributed by atoms with van der Waals surface area (Å²) in [6, 6.07) is 15.0. The highest BCUT2D eigenvalue weighted by atomic mass is 16.5. The molecule has 2 atom stereocenters. The normalized spacial score (nSPS) is 15.0. The van der Waals surface area contributed by atoms with Gasteiger partial charge in [0.2, 0.25) is 5.91 Å². The summed E-state index contributed by atoms with van der Waals surface area (Å²) in [4.78, 5) is 37.7. The molecule has 188 valence electrons. The number of ether oxygens (including phenoxy) is 2. The highest BCUT2D eigenvalue weighted by Gasteiger charge is 2.41. The van der Waals surface area contributed by atoms with Crippen molar-refractivity contribution in [1.29, 1.82) is 0 Å². The van der Waals surface area contributed by atoms with Crippen LogP contribution in [0.1, 0.15) is 50.7 Å². The Morgan fingerprint density at radius 1 is 1.03 bits per heavy atom. The quantitative estimate of drug-likeness (QED) is 0.447. The number of carboxylic acid groups (broad SMARTS) is 1. The Kier molecular flexibility index (Phi) is 8.51. The van der Waals surface area contributed by atoms with E-state index in [2.05, 4.69) is 22.8 Å². The first-order valence-corrected chi connectivity index (χ1v) is 11.9. The van der Waals surface area contributed by atoms with Gasteiger partial charge in [-0.2, -0.15) is 0 Å². The maximum atomic E-state index is 13.2. The zero-order valence-corrected chi connectivity index (χ0v) is 20.7. The largest absolute Gasteiger partial charge is 0.480 e.